The second-order valence-corrected chi connectivity index (χ2v) is 6.44. The SMILES string of the molecule is CC(CCCCl)Nc1ccccc1S(=O)(=O)C(F)F. The van der Waals surface area contributed by atoms with Crippen molar-refractivity contribution < 1.29 is 17.2 Å². The summed E-state index contributed by atoms with van der Waals surface area (Å²) in [5, 5.41) is 2.94. The first-order chi connectivity index (χ1) is 8.89. The molecule has 1 unspecified atom stereocenters. The molecule has 7 heteroatoms. The number of para-hydroxylation sites is 1. The van der Waals surface area contributed by atoms with Crippen LogP contribution in [0.2, 0.25) is 0 Å². The Labute approximate surface area is 116 Å². The van der Waals surface area contributed by atoms with Gasteiger partial charge in [0, 0.05) is 11.9 Å². The number of nitrogens with one attached hydrogen (secondary N) is 1. The fourth-order valence-corrected chi connectivity index (χ4v) is 2.70. The molecule has 0 bridgehead atoms. The number of rotatable bonds is 7. The van der Waals surface area contributed by atoms with Gasteiger partial charge in [-0.3, -0.25) is 0 Å². The van der Waals surface area contributed by atoms with Crippen LogP contribution in [0.1, 0.15) is 19.8 Å². The first kappa shape index (κ1) is 16.2. The highest BCUT2D eigenvalue weighted by Crippen LogP contribution is 2.26. The van der Waals surface area contributed by atoms with Crippen LogP contribution in [0, 0.1) is 0 Å². The van der Waals surface area contributed by atoms with E-state index in [9.17, 15) is 17.2 Å². The molecule has 1 aromatic rings. The zero-order valence-corrected chi connectivity index (χ0v) is 12.0. The van der Waals surface area contributed by atoms with E-state index in [-0.39, 0.29) is 16.6 Å². The minimum Gasteiger partial charge on any atom is -0.382 e. The molecule has 1 aromatic carbocycles. The number of anilines is 1. The molecular weight excluding hydrogens is 296 g/mol. The van der Waals surface area contributed by atoms with Gasteiger partial charge >= 0.3 is 5.76 Å². The lowest BCUT2D eigenvalue weighted by Crippen LogP contribution is -2.19. The summed E-state index contributed by atoms with van der Waals surface area (Å²) in [6.45, 7) is 1.85. The molecule has 19 heavy (non-hydrogen) atoms. The van der Waals surface area contributed by atoms with E-state index in [4.69, 9.17) is 11.6 Å². The van der Waals surface area contributed by atoms with Crippen molar-refractivity contribution in [2.24, 2.45) is 0 Å². The van der Waals surface area contributed by atoms with Gasteiger partial charge in [0.25, 0.3) is 0 Å². The van der Waals surface area contributed by atoms with Crippen LogP contribution in [-0.4, -0.2) is 26.1 Å². The summed E-state index contributed by atoms with van der Waals surface area (Å²) in [6.07, 6.45) is 1.49. The molecule has 1 rings (SSSR count). The Hall–Kier alpha value is -0.880. The molecule has 0 fully saturated rings. The Bertz CT molecular complexity index is 508. The monoisotopic (exact) mass is 311 g/mol. The van der Waals surface area contributed by atoms with Gasteiger partial charge in [-0.2, -0.15) is 8.78 Å². The highest BCUT2D eigenvalue weighted by Gasteiger charge is 2.29. The smallest absolute Gasteiger partial charge is 0.341 e. The van der Waals surface area contributed by atoms with Gasteiger partial charge in [0.15, 0.2) is 0 Å². The topological polar surface area (TPSA) is 46.2 Å². The first-order valence-electron chi connectivity index (χ1n) is 5.83. The zero-order chi connectivity index (χ0) is 14.5. The summed E-state index contributed by atoms with van der Waals surface area (Å²) < 4.78 is 48.2. The maximum atomic E-state index is 12.6. The van der Waals surface area contributed by atoms with Crippen LogP contribution in [0.3, 0.4) is 0 Å². The van der Waals surface area contributed by atoms with E-state index >= 15 is 0 Å². The Morgan fingerprint density at radius 2 is 1.95 bits per heavy atom. The van der Waals surface area contributed by atoms with Crippen LogP contribution in [0.25, 0.3) is 0 Å². The molecule has 1 N–H and O–H groups in total. The Balaban J connectivity index is 2.97. The lowest BCUT2D eigenvalue weighted by Gasteiger charge is -2.17. The maximum absolute atomic E-state index is 12.6. The van der Waals surface area contributed by atoms with Crippen LogP contribution in [-0.2, 0) is 9.84 Å². The average Bonchev–Trinajstić information content (AvgIpc) is 2.36. The fourth-order valence-electron chi connectivity index (χ4n) is 1.65. The molecule has 0 aliphatic heterocycles. The molecule has 0 saturated heterocycles. The van der Waals surface area contributed by atoms with Crippen LogP contribution in [0.4, 0.5) is 14.5 Å². The molecule has 0 aromatic heterocycles. The van der Waals surface area contributed by atoms with Crippen LogP contribution < -0.4 is 5.32 Å². The van der Waals surface area contributed by atoms with E-state index < -0.39 is 15.6 Å². The summed E-state index contributed by atoms with van der Waals surface area (Å²) >= 11 is 5.57. The molecule has 1 atom stereocenters. The average molecular weight is 312 g/mol. The van der Waals surface area contributed by atoms with Crippen LogP contribution in [0.5, 0.6) is 0 Å². The van der Waals surface area contributed by atoms with Gasteiger partial charge in [-0.05, 0) is 31.9 Å². The molecule has 0 aliphatic rings. The summed E-state index contributed by atoms with van der Waals surface area (Å²) in [4.78, 5) is -0.372. The van der Waals surface area contributed by atoms with Gasteiger partial charge in [0.2, 0.25) is 9.84 Å². The molecule has 0 radical (unpaired) electrons. The summed E-state index contributed by atoms with van der Waals surface area (Å²) in [5.41, 5.74) is 0.199. The third-order valence-electron chi connectivity index (χ3n) is 2.60. The fraction of sp³-hybridized carbons (Fsp3) is 0.500. The number of alkyl halides is 3. The number of halogens is 3. The predicted octanol–water partition coefficient (Wildman–Crippen LogP) is 3.50. The van der Waals surface area contributed by atoms with Crippen molar-refractivity contribution in [2.75, 3.05) is 11.2 Å². The normalized spacial score (nSPS) is 13.5. The highest BCUT2D eigenvalue weighted by atomic mass is 35.5. The number of sulfone groups is 1. The van der Waals surface area contributed by atoms with Gasteiger partial charge in [-0.15, -0.1) is 11.6 Å². The van der Waals surface area contributed by atoms with Gasteiger partial charge in [-0.25, -0.2) is 8.42 Å². The quantitative estimate of drug-likeness (QED) is 0.784. The van der Waals surface area contributed by atoms with Gasteiger partial charge in [-0.1, -0.05) is 12.1 Å². The van der Waals surface area contributed by atoms with E-state index in [1.807, 2.05) is 6.92 Å². The van der Waals surface area contributed by atoms with E-state index in [0.29, 0.717) is 5.88 Å². The lowest BCUT2D eigenvalue weighted by atomic mass is 10.2. The van der Waals surface area contributed by atoms with Crippen molar-refractivity contribution >= 4 is 27.1 Å². The molecule has 108 valence electrons. The minimum absolute atomic E-state index is 0.0484. The molecule has 0 spiro atoms. The minimum atomic E-state index is -4.60. The first-order valence-corrected chi connectivity index (χ1v) is 7.91. The molecule has 3 nitrogen and oxygen atoms in total. The van der Waals surface area contributed by atoms with Crippen molar-refractivity contribution in [1.82, 2.24) is 0 Å². The molecule has 0 heterocycles. The summed E-state index contributed by atoms with van der Waals surface area (Å²) in [5.74, 6) is -2.92. The van der Waals surface area contributed by atoms with Crippen molar-refractivity contribution in [3.8, 4) is 0 Å². The second kappa shape index (κ2) is 7.05. The Morgan fingerprint density at radius 1 is 1.32 bits per heavy atom. The molecule has 0 aliphatic carbocycles. The van der Waals surface area contributed by atoms with Gasteiger partial charge in [0.1, 0.15) is 0 Å². The standard InChI is InChI=1S/C12H16ClF2NO2S/c1-9(5-4-8-13)16-10-6-2-3-7-11(10)19(17,18)12(14)15/h2-3,6-7,9,12,16H,4-5,8H2,1H3. The van der Waals surface area contributed by atoms with Gasteiger partial charge in [0.05, 0.1) is 10.6 Å². The lowest BCUT2D eigenvalue weighted by molar-refractivity contribution is 0.235. The number of benzene rings is 1. The maximum Gasteiger partial charge on any atom is 0.341 e. The van der Waals surface area contributed by atoms with E-state index in [1.165, 1.54) is 18.2 Å². The van der Waals surface area contributed by atoms with Crippen molar-refractivity contribution in [3.05, 3.63) is 24.3 Å². The third-order valence-corrected chi connectivity index (χ3v) is 4.31. The highest BCUT2D eigenvalue weighted by molar-refractivity contribution is 7.91. The summed E-state index contributed by atoms with van der Waals surface area (Å²) in [6, 6.07) is 5.63. The summed E-state index contributed by atoms with van der Waals surface area (Å²) in [7, 11) is -4.60. The predicted molar refractivity (Wildman–Crippen MR) is 72.7 cm³/mol. The molecule has 0 amide bonds. The van der Waals surface area contributed by atoms with E-state index in [1.54, 1.807) is 6.07 Å². The number of hydrogen-bond donors (Lipinski definition) is 1. The molecular formula is C12H16ClF2NO2S. The van der Waals surface area contributed by atoms with Crippen molar-refractivity contribution in [3.63, 3.8) is 0 Å². The second-order valence-electron chi connectivity index (χ2n) is 4.18. The van der Waals surface area contributed by atoms with E-state index in [0.717, 1.165) is 12.8 Å². The van der Waals surface area contributed by atoms with Gasteiger partial charge < -0.3 is 5.32 Å². The number of hydrogen-bond acceptors (Lipinski definition) is 3. The largest absolute Gasteiger partial charge is 0.382 e. The van der Waals surface area contributed by atoms with Crippen molar-refractivity contribution in [2.45, 2.75) is 36.5 Å². The Morgan fingerprint density at radius 3 is 2.53 bits per heavy atom. The zero-order valence-electron chi connectivity index (χ0n) is 10.4. The van der Waals surface area contributed by atoms with Crippen molar-refractivity contribution in [1.29, 1.82) is 0 Å². The van der Waals surface area contributed by atoms with Crippen LogP contribution in [0.15, 0.2) is 29.2 Å². The van der Waals surface area contributed by atoms with E-state index in [2.05, 4.69) is 5.32 Å². The third kappa shape index (κ3) is 4.31. The Kier molecular flexibility index (Phi) is 6.00. The van der Waals surface area contributed by atoms with Crippen LogP contribution >= 0.6 is 11.6 Å². The molecule has 0 saturated carbocycles.